The van der Waals surface area contributed by atoms with Crippen molar-refractivity contribution in [2.45, 2.75) is 57.0 Å². The molecule has 1 heterocycles. The number of rotatable bonds is 3. The molecule has 1 aliphatic carbocycles. The van der Waals surface area contributed by atoms with Gasteiger partial charge < -0.3 is 10.6 Å². The Hall–Kier alpha value is -1.08. The zero-order valence-corrected chi connectivity index (χ0v) is 10.2. The molecule has 3 unspecified atom stereocenters. The van der Waals surface area contributed by atoms with E-state index < -0.39 is 0 Å². The second-order valence-electron chi connectivity index (χ2n) is 5.15. The number of fused-ring (bicyclic) bond motifs is 1. The summed E-state index contributed by atoms with van der Waals surface area (Å²) in [5, 5.41) is 14.7. The summed E-state index contributed by atoms with van der Waals surface area (Å²) in [6, 6.07) is 2.55. The Labute approximate surface area is 103 Å². The maximum atomic E-state index is 11.9. The van der Waals surface area contributed by atoms with Crippen LogP contribution in [0.4, 0.5) is 0 Å². The van der Waals surface area contributed by atoms with Crippen LogP contribution in [0.2, 0.25) is 0 Å². The Morgan fingerprint density at radius 2 is 2.12 bits per heavy atom. The fourth-order valence-corrected chi connectivity index (χ4v) is 3.07. The lowest BCUT2D eigenvalue weighted by molar-refractivity contribution is -0.124. The van der Waals surface area contributed by atoms with Gasteiger partial charge in [0.15, 0.2) is 0 Å². The molecule has 2 fully saturated rings. The molecule has 2 N–H and O–H groups in total. The number of nitrogens with zero attached hydrogens (tertiary/aromatic N) is 1. The highest BCUT2D eigenvalue weighted by molar-refractivity contribution is 5.81. The van der Waals surface area contributed by atoms with Gasteiger partial charge in [0.1, 0.15) is 0 Å². The van der Waals surface area contributed by atoms with Crippen LogP contribution >= 0.6 is 0 Å². The third-order valence-electron chi connectivity index (χ3n) is 4.00. The van der Waals surface area contributed by atoms with Crippen LogP contribution in [0.3, 0.4) is 0 Å². The van der Waals surface area contributed by atoms with Gasteiger partial charge in [-0.15, -0.1) is 0 Å². The number of amides is 1. The molecular formula is C13H21N3O. The highest BCUT2D eigenvalue weighted by atomic mass is 16.2. The van der Waals surface area contributed by atoms with Gasteiger partial charge in [-0.3, -0.25) is 4.79 Å². The number of piperidine rings is 1. The molecule has 17 heavy (non-hydrogen) atoms. The molecule has 1 saturated heterocycles. The molecule has 0 aromatic carbocycles. The van der Waals surface area contributed by atoms with Crippen LogP contribution in [-0.2, 0) is 4.79 Å². The fourth-order valence-electron chi connectivity index (χ4n) is 3.07. The SMILES string of the molecule is N#CCCNC(=O)C1CCC2CCCCC2N1. The Kier molecular flexibility index (Phi) is 4.38. The fraction of sp³-hybridized carbons (Fsp3) is 0.846. The molecule has 2 aliphatic rings. The highest BCUT2D eigenvalue weighted by Crippen LogP contribution is 2.32. The summed E-state index contributed by atoms with van der Waals surface area (Å²) >= 11 is 0. The van der Waals surface area contributed by atoms with Crippen LogP contribution in [0.5, 0.6) is 0 Å². The van der Waals surface area contributed by atoms with Crippen LogP contribution in [-0.4, -0.2) is 24.5 Å². The van der Waals surface area contributed by atoms with Gasteiger partial charge in [-0.25, -0.2) is 0 Å². The topological polar surface area (TPSA) is 64.9 Å². The first-order valence-corrected chi connectivity index (χ1v) is 6.72. The molecule has 4 nitrogen and oxygen atoms in total. The predicted molar refractivity (Wildman–Crippen MR) is 65.1 cm³/mol. The van der Waals surface area contributed by atoms with Gasteiger partial charge in [-0.1, -0.05) is 12.8 Å². The van der Waals surface area contributed by atoms with E-state index >= 15 is 0 Å². The molecule has 0 spiro atoms. The Morgan fingerprint density at radius 3 is 2.94 bits per heavy atom. The number of carbonyl (C=O) groups is 1. The van der Waals surface area contributed by atoms with E-state index in [1.165, 1.54) is 32.1 Å². The number of carbonyl (C=O) groups excluding carboxylic acids is 1. The van der Waals surface area contributed by atoms with E-state index in [0.29, 0.717) is 19.0 Å². The van der Waals surface area contributed by atoms with Gasteiger partial charge in [0.2, 0.25) is 5.91 Å². The molecule has 3 atom stereocenters. The minimum atomic E-state index is -0.0342. The quantitative estimate of drug-likeness (QED) is 0.725. The van der Waals surface area contributed by atoms with Crippen molar-refractivity contribution in [2.24, 2.45) is 5.92 Å². The predicted octanol–water partition coefficient (Wildman–Crippen LogP) is 1.33. The first-order chi connectivity index (χ1) is 8.31. The van der Waals surface area contributed by atoms with Crippen molar-refractivity contribution in [2.75, 3.05) is 6.54 Å². The van der Waals surface area contributed by atoms with Crippen LogP contribution in [0.15, 0.2) is 0 Å². The zero-order chi connectivity index (χ0) is 12.1. The molecule has 1 aliphatic heterocycles. The maximum Gasteiger partial charge on any atom is 0.237 e. The molecule has 4 heteroatoms. The van der Waals surface area contributed by atoms with E-state index in [1.807, 2.05) is 6.07 Å². The highest BCUT2D eigenvalue weighted by Gasteiger charge is 2.34. The molecule has 2 rings (SSSR count). The number of nitrogens with one attached hydrogen (secondary N) is 2. The van der Waals surface area contributed by atoms with Crippen molar-refractivity contribution in [3.63, 3.8) is 0 Å². The number of nitriles is 1. The van der Waals surface area contributed by atoms with Crippen LogP contribution in [0, 0.1) is 17.2 Å². The van der Waals surface area contributed by atoms with Crippen molar-refractivity contribution >= 4 is 5.91 Å². The molecule has 1 saturated carbocycles. The molecule has 0 radical (unpaired) electrons. The van der Waals surface area contributed by atoms with Crippen LogP contribution in [0.1, 0.15) is 44.9 Å². The van der Waals surface area contributed by atoms with Crippen molar-refractivity contribution < 1.29 is 4.79 Å². The van der Waals surface area contributed by atoms with E-state index in [9.17, 15) is 4.79 Å². The Morgan fingerprint density at radius 1 is 1.29 bits per heavy atom. The van der Waals surface area contributed by atoms with E-state index in [1.54, 1.807) is 0 Å². The second-order valence-corrected chi connectivity index (χ2v) is 5.15. The zero-order valence-electron chi connectivity index (χ0n) is 10.2. The lowest BCUT2D eigenvalue weighted by Crippen LogP contribution is -2.55. The van der Waals surface area contributed by atoms with Crippen molar-refractivity contribution in [1.82, 2.24) is 10.6 Å². The summed E-state index contributed by atoms with van der Waals surface area (Å²) in [4.78, 5) is 11.9. The molecular weight excluding hydrogens is 214 g/mol. The van der Waals surface area contributed by atoms with Gasteiger partial charge in [0.25, 0.3) is 0 Å². The summed E-state index contributed by atoms with van der Waals surface area (Å²) in [7, 11) is 0. The van der Waals surface area contributed by atoms with E-state index in [0.717, 1.165) is 12.3 Å². The van der Waals surface area contributed by atoms with Gasteiger partial charge in [-0.2, -0.15) is 5.26 Å². The Bertz CT molecular complexity index is 310. The smallest absolute Gasteiger partial charge is 0.237 e. The van der Waals surface area contributed by atoms with E-state index in [-0.39, 0.29) is 11.9 Å². The average Bonchev–Trinajstić information content (AvgIpc) is 2.38. The monoisotopic (exact) mass is 235 g/mol. The first-order valence-electron chi connectivity index (χ1n) is 6.72. The molecule has 0 bridgehead atoms. The largest absolute Gasteiger partial charge is 0.354 e. The summed E-state index contributed by atoms with van der Waals surface area (Å²) in [6.07, 6.45) is 7.68. The summed E-state index contributed by atoms with van der Waals surface area (Å²) in [6.45, 7) is 0.474. The van der Waals surface area contributed by atoms with Gasteiger partial charge in [-0.05, 0) is 31.6 Å². The van der Waals surface area contributed by atoms with E-state index in [4.69, 9.17) is 5.26 Å². The summed E-state index contributed by atoms with van der Waals surface area (Å²) in [5.74, 6) is 0.858. The van der Waals surface area contributed by atoms with Crippen molar-refractivity contribution in [3.8, 4) is 6.07 Å². The first kappa shape index (κ1) is 12.4. The minimum Gasteiger partial charge on any atom is -0.354 e. The lowest BCUT2D eigenvalue weighted by Gasteiger charge is -2.39. The maximum absolute atomic E-state index is 11.9. The summed E-state index contributed by atoms with van der Waals surface area (Å²) < 4.78 is 0. The molecule has 1 amide bonds. The van der Waals surface area contributed by atoms with Gasteiger partial charge in [0.05, 0.1) is 18.5 Å². The number of hydrogen-bond acceptors (Lipinski definition) is 3. The third-order valence-corrected chi connectivity index (χ3v) is 4.00. The van der Waals surface area contributed by atoms with Gasteiger partial charge >= 0.3 is 0 Å². The normalized spacial score (nSPS) is 32.3. The van der Waals surface area contributed by atoms with Gasteiger partial charge in [0, 0.05) is 12.6 Å². The molecule has 94 valence electrons. The minimum absolute atomic E-state index is 0.0342. The second kappa shape index (κ2) is 6.02. The van der Waals surface area contributed by atoms with Crippen LogP contribution < -0.4 is 10.6 Å². The van der Waals surface area contributed by atoms with Crippen molar-refractivity contribution in [1.29, 1.82) is 5.26 Å². The standard InChI is InChI=1S/C13H21N3O/c14-8-3-9-15-13(17)12-7-6-10-4-1-2-5-11(10)16-12/h10-12,16H,1-7,9H2,(H,15,17). The molecule has 0 aromatic rings. The van der Waals surface area contributed by atoms with E-state index in [2.05, 4.69) is 10.6 Å². The lowest BCUT2D eigenvalue weighted by atomic mass is 9.77. The average molecular weight is 235 g/mol. The third kappa shape index (κ3) is 3.19. The van der Waals surface area contributed by atoms with Crippen LogP contribution in [0.25, 0.3) is 0 Å². The number of hydrogen-bond donors (Lipinski definition) is 2. The summed E-state index contributed by atoms with van der Waals surface area (Å²) in [5.41, 5.74) is 0. The Balaban J connectivity index is 1.79. The molecule has 0 aromatic heterocycles. The van der Waals surface area contributed by atoms with Crippen molar-refractivity contribution in [3.05, 3.63) is 0 Å².